The number of amides is 1. The predicted octanol–water partition coefficient (Wildman–Crippen LogP) is 4.46. The zero-order valence-corrected chi connectivity index (χ0v) is 18.7. The third-order valence-corrected chi connectivity index (χ3v) is 6.06. The zero-order chi connectivity index (χ0) is 23.4. The number of alkyl halides is 3. The van der Waals surface area contributed by atoms with Crippen molar-refractivity contribution in [3.8, 4) is 17.1 Å². The lowest BCUT2D eigenvalue weighted by Crippen LogP contribution is -2.45. The number of carbonyl (C=O) groups is 1. The molecule has 0 radical (unpaired) electrons. The van der Waals surface area contributed by atoms with Crippen LogP contribution in [0.15, 0.2) is 24.3 Å². The van der Waals surface area contributed by atoms with Gasteiger partial charge in [-0.2, -0.15) is 0 Å². The van der Waals surface area contributed by atoms with Gasteiger partial charge in [0, 0.05) is 31.0 Å². The van der Waals surface area contributed by atoms with Crippen molar-refractivity contribution >= 4 is 5.91 Å². The van der Waals surface area contributed by atoms with Gasteiger partial charge in [-0.25, -0.2) is 9.99 Å². The number of piperidine rings is 1. The second-order valence-corrected chi connectivity index (χ2v) is 8.53. The molecule has 2 saturated heterocycles. The highest BCUT2D eigenvalue weighted by Gasteiger charge is 2.31. The third kappa shape index (κ3) is 6.05. The quantitative estimate of drug-likeness (QED) is 0.681. The maximum atomic E-state index is 13.0. The van der Waals surface area contributed by atoms with Gasteiger partial charge in [0.1, 0.15) is 11.6 Å². The minimum atomic E-state index is -4.76. The molecule has 1 N–H and O–H groups in total. The lowest BCUT2D eigenvalue weighted by molar-refractivity contribution is -0.274. The van der Waals surface area contributed by atoms with E-state index in [0.29, 0.717) is 35.9 Å². The average Bonchev–Trinajstić information content (AvgIpc) is 3.11. The highest BCUT2D eigenvalue weighted by molar-refractivity contribution is 5.93. The van der Waals surface area contributed by atoms with Crippen LogP contribution in [0.5, 0.6) is 5.75 Å². The molecule has 0 aliphatic carbocycles. The summed E-state index contributed by atoms with van der Waals surface area (Å²) in [5, 5.41) is 1.91. The van der Waals surface area contributed by atoms with Crippen molar-refractivity contribution in [3.05, 3.63) is 35.7 Å². The lowest BCUT2D eigenvalue weighted by Gasteiger charge is -2.26. The van der Waals surface area contributed by atoms with Crippen molar-refractivity contribution in [1.82, 2.24) is 20.0 Å². The summed E-state index contributed by atoms with van der Waals surface area (Å²) in [6.45, 7) is 4.65. The fourth-order valence-corrected chi connectivity index (χ4v) is 4.36. The van der Waals surface area contributed by atoms with Crippen molar-refractivity contribution in [2.45, 2.75) is 64.5 Å². The van der Waals surface area contributed by atoms with Gasteiger partial charge in [0.2, 0.25) is 0 Å². The van der Waals surface area contributed by atoms with E-state index in [1.807, 2.05) is 16.5 Å². The summed E-state index contributed by atoms with van der Waals surface area (Å²) in [6, 6.07) is 5.55. The van der Waals surface area contributed by atoms with E-state index in [-0.39, 0.29) is 17.8 Å². The molecule has 1 aromatic carbocycles. The minimum Gasteiger partial charge on any atom is -0.406 e. The van der Waals surface area contributed by atoms with E-state index in [9.17, 15) is 18.0 Å². The van der Waals surface area contributed by atoms with Gasteiger partial charge in [0.05, 0.1) is 12.6 Å². The number of hydrogen-bond acceptors (Lipinski definition) is 5. The number of hydrazine groups is 1. The largest absolute Gasteiger partial charge is 0.573 e. The second-order valence-electron chi connectivity index (χ2n) is 8.53. The van der Waals surface area contributed by atoms with Crippen molar-refractivity contribution in [3.63, 3.8) is 0 Å². The summed E-state index contributed by atoms with van der Waals surface area (Å²) in [5.41, 5.74) is 4.55. The summed E-state index contributed by atoms with van der Waals surface area (Å²) >= 11 is 0. The first kappa shape index (κ1) is 23.6. The van der Waals surface area contributed by atoms with Gasteiger partial charge in [-0.15, -0.1) is 13.2 Å². The Bertz CT molecular complexity index is 947. The van der Waals surface area contributed by atoms with E-state index in [4.69, 9.17) is 4.74 Å². The molecule has 0 spiro atoms. The fourth-order valence-electron chi connectivity index (χ4n) is 4.36. The molecule has 33 heavy (non-hydrogen) atoms. The standard InChI is InChI=1S/C23H29F3N4O3/c1-16-20(22(31)28-29-12-4-2-5-13-29)27-21(30(16)15-19-7-3-6-14-32-19)17-8-10-18(11-9-17)33-23(24,25)26/h8-11,19H,2-7,12-15H2,1H3,(H,28,31). The van der Waals surface area contributed by atoms with Crippen LogP contribution in [-0.2, 0) is 11.3 Å². The number of imidazole rings is 1. The Labute approximate surface area is 190 Å². The summed E-state index contributed by atoms with van der Waals surface area (Å²) in [6.07, 6.45) is 1.46. The molecule has 1 unspecified atom stereocenters. The van der Waals surface area contributed by atoms with Crippen LogP contribution in [0.1, 0.15) is 54.7 Å². The normalized spacial score (nSPS) is 19.9. The van der Waals surface area contributed by atoms with Crippen LogP contribution in [0.3, 0.4) is 0 Å². The second kappa shape index (κ2) is 10.1. The van der Waals surface area contributed by atoms with E-state index in [2.05, 4.69) is 15.1 Å². The average molecular weight is 467 g/mol. The van der Waals surface area contributed by atoms with Gasteiger partial charge in [0.15, 0.2) is 5.69 Å². The molecule has 7 nitrogen and oxygen atoms in total. The number of ether oxygens (including phenoxy) is 2. The Morgan fingerprint density at radius 2 is 1.88 bits per heavy atom. The first-order valence-corrected chi connectivity index (χ1v) is 11.4. The molecule has 0 saturated carbocycles. The van der Waals surface area contributed by atoms with E-state index in [1.54, 1.807) is 0 Å². The molecule has 4 rings (SSSR count). The molecule has 1 amide bonds. The Hall–Kier alpha value is -2.59. The highest BCUT2D eigenvalue weighted by atomic mass is 19.4. The number of nitrogens with zero attached hydrogens (tertiary/aromatic N) is 3. The molecule has 2 aliphatic heterocycles. The number of hydrogen-bond donors (Lipinski definition) is 1. The SMILES string of the molecule is Cc1c(C(=O)NN2CCCCC2)nc(-c2ccc(OC(F)(F)F)cc2)n1CC1CCCCO1. The Balaban J connectivity index is 1.62. The molecule has 180 valence electrons. The minimum absolute atomic E-state index is 0.00348. The van der Waals surface area contributed by atoms with Crippen LogP contribution in [0, 0.1) is 6.92 Å². The van der Waals surface area contributed by atoms with Crippen LogP contribution < -0.4 is 10.2 Å². The fraction of sp³-hybridized carbons (Fsp3) is 0.565. The molecule has 10 heteroatoms. The molecule has 1 atom stereocenters. The van der Waals surface area contributed by atoms with E-state index in [1.165, 1.54) is 24.3 Å². The number of nitrogens with one attached hydrogen (secondary N) is 1. The molecule has 2 aliphatic rings. The van der Waals surface area contributed by atoms with Gasteiger partial charge < -0.3 is 14.0 Å². The number of benzene rings is 1. The molecule has 1 aromatic heterocycles. The molecule has 3 heterocycles. The van der Waals surface area contributed by atoms with Gasteiger partial charge in [-0.1, -0.05) is 6.42 Å². The van der Waals surface area contributed by atoms with Crippen molar-refractivity contribution < 1.29 is 27.4 Å². The molecule has 2 fully saturated rings. The number of halogens is 3. The lowest BCUT2D eigenvalue weighted by atomic mass is 10.1. The maximum Gasteiger partial charge on any atom is 0.573 e. The number of rotatable bonds is 6. The first-order valence-electron chi connectivity index (χ1n) is 11.4. The van der Waals surface area contributed by atoms with Crippen LogP contribution in [0.2, 0.25) is 0 Å². The zero-order valence-electron chi connectivity index (χ0n) is 18.7. The predicted molar refractivity (Wildman–Crippen MR) is 116 cm³/mol. The van der Waals surface area contributed by atoms with Gasteiger partial charge in [-0.05, 0) is 63.3 Å². The molecule has 0 bridgehead atoms. The van der Waals surface area contributed by atoms with Crippen molar-refractivity contribution in [2.75, 3.05) is 19.7 Å². The van der Waals surface area contributed by atoms with Crippen LogP contribution in [-0.4, -0.2) is 52.6 Å². The summed E-state index contributed by atoms with van der Waals surface area (Å²) in [5.74, 6) is -0.0697. The van der Waals surface area contributed by atoms with E-state index < -0.39 is 6.36 Å². The topological polar surface area (TPSA) is 68.6 Å². The summed E-state index contributed by atoms with van der Waals surface area (Å²) in [7, 11) is 0. The third-order valence-electron chi connectivity index (χ3n) is 6.06. The van der Waals surface area contributed by atoms with Crippen molar-refractivity contribution in [2.24, 2.45) is 0 Å². The molecular formula is C23H29F3N4O3. The van der Waals surface area contributed by atoms with Gasteiger partial charge in [0.25, 0.3) is 5.91 Å². The summed E-state index contributed by atoms with van der Waals surface area (Å²) < 4.78 is 49.4. The van der Waals surface area contributed by atoms with Crippen LogP contribution in [0.25, 0.3) is 11.4 Å². The van der Waals surface area contributed by atoms with Crippen LogP contribution >= 0.6 is 0 Å². The smallest absolute Gasteiger partial charge is 0.406 e. The Morgan fingerprint density at radius 1 is 1.15 bits per heavy atom. The van der Waals surface area contributed by atoms with Crippen molar-refractivity contribution in [1.29, 1.82) is 0 Å². The van der Waals surface area contributed by atoms with E-state index in [0.717, 1.165) is 51.6 Å². The first-order chi connectivity index (χ1) is 15.8. The monoisotopic (exact) mass is 466 g/mol. The van der Waals surface area contributed by atoms with Crippen LogP contribution in [0.4, 0.5) is 13.2 Å². The maximum absolute atomic E-state index is 13.0. The Kier molecular flexibility index (Phi) is 7.23. The number of carbonyl (C=O) groups excluding carboxylic acids is 1. The number of aromatic nitrogens is 2. The highest BCUT2D eigenvalue weighted by Crippen LogP contribution is 2.29. The molecule has 2 aromatic rings. The Morgan fingerprint density at radius 3 is 2.52 bits per heavy atom. The summed E-state index contributed by atoms with van der Waals surface area (Å²) in [4.78, 5) is 17.6. The van der Waals surface area contributed by atoms with E-state index >= 15 is 0 Å². The van der Waals surface area contributed by atoms with Gasteiger partial charge in [-0.3, -0.25) is 10.2 Å². The van der Waals surface area contributed by atoms with Gasteiger partial charge >= 0.3 is 6.36 Å². The molecular weight excluding hydrogens is 437 g/mol.